The molecular formula is C34H43N5O3S2. The fourth-order valence-electron chi connectivity index (χ4n) is 4.86. The fourth-order valence-corrected chi connectivity index (χ4v) is 6.69. The van der Waals surface area contributed by atoms with Crippen molar-refractivity contribution in [3.63, 3.8) is 0 Å². The summed E-state index contributed by atoms with van der Waals surface area (Å²) < 4.78 is 4.76. The molecule has 0 bridgehead atoms. The lowest BCUT2D eigenvalue weighted by Gasteiger charge is -2.26. The predicted molar refractivity (Wildman–Crippen MR) is 181 cm³/mol. The average Bonchev–Trinajstić information content (AvgIpc) is 3.73. The summed E-state index contributed by atoms with van der Waals surface area (Å²) in [6, 6.07) is 16.5. The number of alkyl carbamates (subject to hydrolysis) is 1. The highest BCUT2D eigenvalue weighted by molar-refractivity contribution is 7.15. The zero-order valence-electron chi connectivity index (χ0n) is 26.1. The Bertz CT molecular complexity index is 1470. The normalized spacial score (nSPS) is 11.7. The van der Waals surface area contributed by atoms with E-state index in [1.807, 2.05) is 19.3 Å². The average molecular weight is 634 g/mol. The van der Waals surface area contributed by atoms with Crippen molar-refractivity contribution in [3.8, 4) is 32.0 Å². The van der Waals surface area contributed by atoms with Crippen LogP contribution in [-0.4, -0.2) is 53.1 Å². The van der Waals surface area contributed by atoms with E-state index >= 15 is 0 Å². The van der Waals surface area contributed by atoms with Gasteiger partial charge in [-0.05, 0) is 48.1 Å². The molecule has 0 aliphatic heterocycles. The molecule has 0 fully saturated rings. The number of hydrogen-bond donors (Lipinski definition) is 2. The molecule has 2 amide bonds. The summed E-state index contributed by atoms with van der Waals surface area (Å²) in [5, 5.41) is 8.10. The van der Waals surface area contributed by atoms with E-state index in [9.17, 15) is 9.59 Å². The molecule has 10 heteroatoms. The van der Waals surface area contributed by atoms with Gasteiger partial charge >= 0.3 is 6.09 Å². The summed E-state index contributed by atoms with van der Waals surface area (Å²) in [7, 11) is 1.31. The number of aromatic nitrogens is 2. The topological polar surface area (TPSA) is 96.5 Å². The summed E-state index contributed by atoms with van der Waals surface area (Å²) in [5.74, 6) is -0.0995. The fraction of sp³-hybridized carbons (Fsp3) is 0.412. The van der Waals surface area contributed by atoms with Gasteiger partial charge in [0.2, 0.25) is 5.91 Å². The number of benzene rings is 2. The summed E-state index contributed by atoms with van der Waals surface area (Å²) in [6.45, 7) is 9.08. The number of nitrogens with one attached hydrogen (secondary N) is 2. The van der Waals surface area contributed by atoms with Gasteiger partial charge in [0, 0.05) is 25.5 Å². The second-order valence-electron chi connectivity index (χ2n) is 10.7. The van der Waals surface area contributed by atoms with Gasteiger partial charge in [0.05, 0.1) is 23.4 Å². The van der Waals surface area contributed by atoms with Crippen LogP contribution < -0.4 is 10.6 Å². The predicted octanol–water partition coefficient (Wildman–Crippen LogP) is 7.75. The van der Waals surface area contributed by atoms with Crippen LogP contribution in [0.2, 0.25) is 0 Å². The molecule has 0 spiro atoms. The standard InChI is InChI=1S/C34H43N5O3S2/c1-5-8-9-28(38-34(41)42-4)33(40)39(19-7-3)23-32-37-21-30(44-32)27-16-12-25(13-17-27)24-10-14-26(15-11-24)29-20-36-31(43-29)22-35-18-6-2/h10-17,20-21,28,35H,5-9,18-19,22-23H2,1-4H3,(H,38,41). The van der Waals surface area contributed by atoms with Crippen LogP contribution in [0.25, 0.3) is 32.0 Å². The minimum Gasteiger partial charge on any atom is -0.453 e. The van der Waals surface area contributed by atoms with Crippen molar-refractivity contribution in [2.75, 3.05) is 20.2 Å². The number of carbonyl (C=O) groups excluding carboxylic acids is 2. The third-order valence-electron chi connectivity index (χ3n) is 7.24. The number of rotatable bonds is 16. The lowest BCUT2D eigenvalue weighted by atomic mass is 10.0. The van der Waals surface area contributed by atoms with E-state index in [0.717, 1.165) is 70.4 Å². The molecule has 0 saturated heterocycles. The molecule has 8 nitrogen and oxygen atoms in total. The molecule has 0 aliphatic rings. The highest BCUT2D eigenvalue weighted by Crippen LogP contribution is 2.32. The molecule has 2 N–H and O–H groups in total. The SMILES string of the molecule is CCCCC(NC(=O)OC)C(=O)N(CCC)Cc1ncc(-c2ccc(-c3ccc(-c4cnc(CNCCC)s4)cc3)cc2)s1. The minimum atomic E-state index is -0.609. The maximum Gasteiger partial charge on any atom is 0.407 e. The van der Waals surface area contributed by atoms with E-state index in [1.54, 1.807) is 27.6 Å². The smallest absolute Gasteiger partial charge is 0.407 e. The molecule has 44 heavy (non-hydrogen) atoms. The van der Waals surface area contributed by atoms with Gasteiger partial charge in [-0.3, -0.25) is 4.79 Å². The summed E-state index contributed by atoms with van der Waals surface area (Å²) in [4.78, 5) is 38.5. The zero-order chi connectivity index (χ0) is 31.3. The minimum absolute atomic E-state index is 0.0995. The molecule has 2 aromatic carbocycles. The number of amides is 2. The van der Waals surface area contributed by atoms with Gasteiger partial charge in [-0.25, -0.2) is 14.8 Å². The van der Waals surface area contributed by atoms with Crippen molar-refractivity contribution in [1.29, 1.82) is 0 Å². The van der Waals surface area contributed by atoms with Gasteiger partial charge in [0.25, 0.3) is 0 Å². The van der Waals surface area contributed by atoms with Crippen LogP contribution in [0.3, 0.4) is 0 Å². The van der Waals surface area contributed by atoms with Gasteiger partial charge in [-0.1, -0.05) is 82.1 Å². The number of methoxy groups -OCH3 is 1. The van der Waals surface area contributed by atoms with Crippen LogP contribution in [0.4, 0.5) is 4.79 Å². The molecular weight excluding hydrogens is 591 g/mol. The van der Waals surface area contributed by atoms with Crippen molar-refractivity contribution in [2.24, 2.45) is 0 Å². The maximum atomic E-state index is 13.4. The Kier molecular flexibility index (Phi) is 12.9. The highest BCUT2D eigenvalue weighted by atomic mass is 32.1. The summed E-state index contributed by atoms with van der Waals surface area (Å²) in [6.07, 6.45) is 7.53. The van der Waals surface area contributed by atoms with E-state index in [1.165, 1.54) is 17.6 Å². The zero-order valence-corrected chi connectivity index (χ0v) is 27.7. The van der Waals surface area contributed by atoms with Crippen LogP contribution >= 0.6 is 22.7 Å². The largest absolute Gasteiger partial charge is 0.453 e. The molecule has 0 radical (unpaired) electrons. The molecule has 0 aliphatic carbocycles. The van der Waals surface area contributed by atoms with E-state index < -0.39 is 12.1 Å². The number of unbranched alkanes of at least 4 members (excludes halogenated alkanes) is 1. The molecule has 0 saturated carbocycles. The highest BCUT2D eigenvalue weighted by Gasteiger charge is 2.26. The van der Waals surface area contributed by atoms with Crippen molar-refractivity contribution >= 4 is 34.7 Å². The summed E-state index contributed by atoms with van der Waals surface area (Å²) >= 11 is 3.32. The molecule has 2 heterocycles. The molecule has 4 aromatic rings. The van der Waals surface area contributed by atoms with Gasteiger partial charge in [0.1, 0.15) is 16.1 Å². The number of ether oxygens (including phenoxy) is 1. The third-order valence-corrected chi connectivity index (χ3v) is 9.31. The van der Waals surface area contributed by atoms with Crippen LogP contribution in [-0.2, 0) is 22.6 Å². The van der Waals surface area contributed by atoms with Crippen molar-refractivity contribution in [3.05, 3.63) is 70.9 Å². The Balaban J connectivity index is 1.40. The molecule has 1 atom stereocenters. The van der Waals surface area contributed by atoms with Gasteiger partial charge in [-0.15, -0.1) is 22.7 Å². The molecule has 1 unspecified atom stereocenters. The molecule has 2 aromatic heterocycles. The quantitative estimate of drug-likeness (QED) is 0.123. The van der Waals surface area contributed by atoms with Gasteiger partial charge < -0.3 is 20.3 Å². The number of carbonyl (C=O) groups is 2. The molecule has 234 valence electrons. The summed E-state index contributed by atoms with van der Waals surface area (Å²) in [5.41, 5.74) is 4.57. The second-order valence-corrected chi connectivity index (χ2v) is 12.9. The van der Waals surface area contributed by atoms with Crippen LogP contribution in [0.5, 0.6) is 0 Å². The van der Waals surface area contributed by atoms with Crippen LogP contribution in [0, 0.1) is 0 Å². The lowest BCUT2D eigenvalue weighted by molar-refractivity contribution is -0.134. The lowest BCUT2D eigenvalue weighted by Crippen LogP contribution is -2.48. The number of nitrogens with zero attached hydrogens (tertiary/aromatic N) is 3. The Morgan fingerprint density at radius 3 is 1.93 bits per heavy atom. The number of hydrogen-bond acceptors (Lipinski definition) is 8. The Morgan fingerprint density at radius 1 is 0.818 bits per heavy atom. The second kappa shape index (κ2) is 17.0. The van der Waals surface area contributed by atoms with E-state index in [0.29, 0.717) is 19.5 Å². The van der Waals surface area contributed by atoms with E-state index in [-0.39, 0.29) is 5.91 Å². The van der Waals surface area contributed by atoms with E-state index in [4.69, 9.17) is 4.74 Å². The van der Waals surface area contributed by atoms with E-state index in [2.05, 4.69) is 83.0 Å². The monoisotopic (exact) mass is 633 g/mol. The van der Waals surface area contributed by atoms with Gasteiger partial charge in [-0.2, -0.15) is 0 Å². The first-order valence-electron chi connectivity index (χ1n) is 15.4. The number of thiazole rings is 2. The van der Waals surface area contributed by atoms with Crippen molar-refractivity contribution in [2.45, 2.75) is 72.0 Å². The third kappa shape index (κ3) is 9.20. The van der Waals surface area contributed by atoms with Crippen molar-refractivity contribution < 1.29 is 14.3 Å². The van der Waals surface area contributed by atoms with Crippen LogP contribution in [0.1, 0.15) is 62.9 Å². The van der Waals surface area contributed by atoms with Gasteiger partial charge in [0.15, 0.2) is 0 Å². The van der Waals surface area contributed by atoms with Crippen molar-refractivity contribution in [1.82, 2.24) is 25.5 Å². The first-order chi connectivity index (χ1) is 21.4. The maximum absolute atomic E-state index is 13.4. The Labute approximate surface area is 268 Å². The Hall–Kier alpha value is -3.60. The Morgan fingerprint density at radius 2 is 1.39 bits per heavy atom. The van der Waals surface area contributed by atoms with Crippen LogP contribution in [0.15, 0.2) is 60.9 Å². The first-order valence-corrected chi connectivity index (χ1v) is 17.0. The first kappa shape index (κ1) is 33.3. The molecule has 4 rings (SSSR count).